The van der Waals surface area contributed by atoms with Crippen molar-refractivity contribution in [3.8, 4) is 0 Å². The van der Waals surface area contributed by atoms with Gasteiger partial charge in [-0.1, -0.05) is 13.8 Å². The fourth-order valence-corrected chi connectivity index (χ4v) is 0.414. The van der Waals surface area contributed by atoms with Gasteiger partial charge in [0.25, 0.3) is 0 Å². The molecule has 12 heavy (non-hydrogen) atoms. The van der Waals surface area contributed by atoms with Crippen molar-refractivity contribution in [1.82, 2.24) is 0 Å². The second-order valence-electron chi connectivity index (χ2n) is 2.79. The monoisotopic (exact) mass is 177 g/mol. The van der Waals surface area contributed by atoms with Gasteiger partial charge in [-0.2, -0.15) is 0 Å². The Hall–Kier alpha value is -0.810. The van der Waals surface area contributed by atoms with Crippen molar-refractivity contribution in [2.24, 2.45) is 11.7 Å². The summed E-state index contributed by atoms with van der Waals surface area (Å²) >= 11 is 0. The summed E-state index contributed by atoms with van der Waals surface area (Å²) in [5.74, 6) is 0.0200. The van der Waals surface area contributed by atoms with Gasteiger partial charge in [0.1, 0.15) is 0 Å². The third-order valence-corrected chi connectivity index (χ3v) is 1.16. The van der Waals surface area contributed by atoms with Gasteiger partial charge in [-0.25, -0.2) is 4.79 Å². The third-order valence-electron chi connectivity index (χ3n) is 1.16. The van der Waals surface area contributed by atoms with Crippen LogP contribution in [0.15, 0.2) is 0 Å². The van der Waals surface area contributed by atoms with Crippen LogP contribution in [-0.2, 0) is 9.47 Å². The molecule has 1 unspecified atom stereocenters. The first-order valence-corrected chi connectivity index (χ1v) is 3.74. The zero-order valence-electron chi connectivity index (χ0n) is 7.48. The molecule has 5 nitrogen and oxygen atoms in total. The van der Waals surface area contributed by atoms with Crippen molar-refractivity contribution in [3.05, 3.63) is 0 Å². The predicted molar refractivity (Wildman–Crippen MR) is 42.1 cm³/mol. The van der Waals surface area contributed by atoms with E-state index < -0.39 is 18.7 Å². The molecule has 0 fully saturated rings. The normalized spacial score (nSPS) is 15.5. The van der Waals surface area contributed by atoms with E-state index in [-0.39, 0.29) is 5.92 Å². The van der Waals surface area contributed by atoms with Crippen molar-refractivity contribution in [2.75, 3.05) is 0 Å². The second kappa shape index (κ2) is 4.95. The van der Waals surface area contributed by atoms with Crippen molar-refractivity contribution in [2.45, 2.75) is 33.3 Å². The highest BCUT2D eigenvalue weighted by Gasteiger charge is 2.15. The van der Waals surface area contributed by atoms with Crippen LogP contribution >= 0.6 is 0 Å². The van der Waals surface area contributed by atoms with Crippen molar-refractivity contribution in [3.63, 3.8) is 0 Å². The molecule has 0 saturated heterocycles. The fraction of sp³-hybridized carbons (Fsp3) is 0.857. The molecule has 0 aromatic carbocycles. The van der Waals surface area contributed by atoms with Crippen LogP contribution in [0.5, 0.6) is 0 Å². The Morgan fingerprint density at radius 2 is 1.83 bits per heavy atom. The minimum atomic E-state index is -1.17. The van der Waals surface area contributed by atoms with Crippen LogP contribution in [0.25, 0.3) is 0 Å². The maximum Gasteiger partial charge on any atom is 0.512 e. The number of hydrogen-bond donors (Lipinski definition) is 2. The summed E-state index contributed by atoms with van der Waals surface area (Å²) in [4.78, 5) is 10.7. The molecule has 5 heteroatoms. The summed E-state index contributed by atoms with van der Waals surface area (Å²) < 4.78 is 8.86. The molecule has 0 saturated carbocycles. The second-order valence-corrected chi connectivity index (χ2v) is 2.79. The van der Waals surface area contributed by atoms with Gasteiger partial charge >= 0.3 is 6.16 Å². The molecule has 0 aliphatic rings. The van der Waals surface area contributed by atoms with E-state index in [1.54, 1.807) is 13.8 Å². The number of carbonyl (C=O) groups excluding carboxylic acids is 1. The summed E-state index contributed by atoms with van der Waals surface area (Å²) in [6.07, 6.45) is -2.82. The maximum absolute atomic E-state index is 10.7. The van der Waals surface area contributed by atoms with Gasteiger partial charge < -0.3 is 14.6 Å². The highest BCUT2D eigenvalue weighted by molar-refractivity contribution is 5.60. The quantitative estimate of drug-likeness (QED) is 0.482. The molecule has 0 radical (unpaired) electrons. The van der Waals surface area contributed by atoms with Gasteiger partial charge in [0, 0.05) is 5.92 Å². The Balaban J connectivity index is 3.69. The van der Waals surface area contributed by atoms with E-state index in [1.807, 2.05) is 0 Å². The highest BCUT2D eigenvalue weighted by atomic mass is 16.8. The van der Waals surface area contributed by atoms with Crippen molar-refractivity contribution >= 4 is 6.16 Å². The van der Waals surface area contributed by atoms with E-state index in [4.69, 9.17) is 10.8 Å². The number of rotatable bonds is 3. The number of hydrogen-bond acceptors (Lipinski definition) is 5. The molecule has 2 atom stereocenters. The van der Waals surface area contributed by atoms with Crippen LogP contribution in [0.3, 0.4) is 0 Å². The fourth-order valence-electron chi connectivity index (χ4n) is 0.414. The lowest BCUT2D eigenvalue weighted by molar-refractivity contribution is -0.0817. The van der Waals surface area contributed by atoms with Crippen molar-refractivity contribution in [1.29, 1.82) is 0 Å². The van der Waals surface area contributed by atoms with Gasteiger partial charge in [-0.05, 0) is 6.92 Å². The van der Waals surface area contributed by atoms with Crippen LogP contribution in [0.2, 0.25) is 0 Å². The predicted octanol–water partition coefficient (Wildman–Crippen LogP) is 0.419. The smallest absolute Gasteiger partial charge is 0.415 e. The molecule has 0 spiro atoms. The molecule has 0 aromatic rings. The Labute approximate surface area is 71.5 Å². The molecular formula is C7H15NO4. The molecule has 0 heterocycles. The van der Waals surface area contributed by atoms with E-state index >= 15 is 0 Å². The van der Waals surface area contributed by atoms with Gasteiger partial charge in [-0.15, -0.1) is 0 Å². The van der Waals surface area contributed by atoms with Crippen molar-refractivity contribution < 1.29 is 19.4 Å². The Morgan fingerprint density at radius 1 is 1.33 bits per heavy atom. The molecule has 3 N–H and O–H groups in total. The Bertz CT molecular complexity index is 146. The lowest BCUT2D eigenvalue weighted by atomic mass is 10.2. The van der Waals surface area contributed by atoms with Gasteiger partial charge in [0.05, 0.1) is 0 Å². The van der Waals surface area contributed by atoms with Gasteiger partial charge in [-0.3, -0.25) is 5.73 Å². The standard InChI is InChI=1S/C7H15NO4/c1-4(2)6(8)12-7(10)11-5(3)9/h4-6,9H,8H2,1-3H3/t5?,6-/m0/s1. The third kappa shape index (κ3) is 4.92. The topological polar surface area (TPSA) is 81.8 Å². The summed E-state index contributed by atoms with van der Waals surface area (Å²) in [5, 5.41) is 8.61. The number of nitrogens with two attached hydrogens (primary N) is 1. The molecular weight excluding hydrogens is 162 g/mol. The first kappa shape index (κ1) is 11.2. The maximum atomic E-state index is 10.7. The van der Waals surface area contributed by atoms with E-state index in [1.165, 1.54) is 6.92 Å². The molecule has 0 aromatic heterocycles. The van der Waals surface area contributed by atoms with E-state index in [0.717, 1.165) is 0 Å². The molecule has 0 rings (SSSR count). The Kier molecular flexibility index (Phi) is 4.61. The molecule has 72 valence electrons. The van der Waals surface area contributed by atoms with E-state index in [2.05, 4.69) is 9.47 Å². The SMILES string of the molecule is CC(O)OC(=O)O[C@H](N)C(C)C. The first-order valence-electron chi connectivity index (χ1n) is 3.74. The minimum absolute atomic E-state index is 0.0200. The number of aliphatic hydroxyl groups is 1. The number of ether oxygens (including phenoxy) is 2. The average molecular weight is 177 g/mol. The molecule has 0 aliphatic carbocycles. The Morgan fingerprint density at radius 3 is 2.17 bits per heavy atom. The lowest BCUT2D eigenvalue weighted by Gasteiger charge is -2.16. The zero-order chi connectivity index (χ0) is 9.72. The summed E-state index contributed by atoms with van der Waals surface area (Å²) in [6, 6.07) is 0. The van der Waals surface area contributed by atoms with Crippen LogP contribution in [0.1, 0.15) is 20.8 Å². The minimum Gasteiger partial charge on any atom is -0.415 e. The number of carbonyl (C=O) groups is 1. The summed E-state index contributed by atoms with van der Waals surface area (Å²) in [7, 11) is 0. The molecule has 0 aliphatic heterocycles. The average Bonchev–Trinajstić information content (AvgIpc) is 1.84. The molecule has 0 bridgehead atoms. The van der Waals surface area contributed by atoms with Crippen LogP contribution in [-0.4, -0.2) is 23.8 Å². The largest absolute Gasteiger partial charge is 0.512 e. The van der Waals surface area contributed by atoms with Crippen LogP contribution in [0, 0.1) is 5.92 Å². The van der Waals surface area contributed by atoms with Crippen LogP contribution < -0.4 is 5.73 Å². The lowest BCUT2D eigenvalue weighted by Crippen LogP contribution is -2.33. The number of aliphatic hydroxyl groups excluding tert-OH is 1. The van der Waals surface area contributed by atoms with Crippen LogP contribution in [0.4, 0.5) is 4.79 Å². The summed E-state index contributed by atoms with van der Waals surface area (Å²) in [5.41, 5.74) is 5.39. The summed E-state index contributed by atoms with van der Waals surface area (Å²) in [6.45, 7) is 4.92. The van der Waals surface area contributed by atoms with Gasteiger partial charge in [0.15, 0.2) is 6.23 Å². The molecule has 0 amide bonds. The first-order chi connectivity index (χ1) is 5.43. The van der Waals surface area contributed by atoms with E-state index in [0.29, 0.717) is 0 Å². The van der Waals surface area contributed by atoms with E-state index in [9.17, 15) is 4.79 Å². The van der Waals surface area contributed by atoms with Gasteiger partial charge in [0.2, 0.25) is 6.29 Å². The highest BCUT2D eigenvalue weighted by Crippen LogP contribution is 2.02. The zero-order valence-corrected chi connectivity index (χ0v) is 7.48.